The molecule has 0 bridgehead atoms. The first-order chi connectivity index (χ1) is 12.7. The lowest BCUT2D eigenvalue weighted by Gasteiger charge is -2.33. The maximum atomic E-state index is 12.6. The summed E-state index contributed by atoms with van der Waals surface area (Å²) in [6.07, 6.45) is 6.89. The summed E-state index contributed by atoms with van der Waals surface area (Å²) in [7, 11) is 0. The van der Waals surface area contributed by atoms with E-state index >= 15 is 0 Å². The summed E-state index contributed by atoms with van der Waals surface area (Å²) < 4.78 is 13.2. The highest BCUT2D eigenvalue weighted by molar-refractivity contribution is 5.91. The van der Waals surface area contributed by atoms with Crippen molar-refractivity contribution in [2.75, 3.05) is 6.54 Å². The molecule has 0 fully saturated rings. The maximum absolute atomic E-state index is 12.6. The van der Waals surface area contributed by atoms with Gasteiger partial charge in [-0.3, -0.25) is 9.78 Å². The van der Waals surface area contributed by atoms with Gasteiger partial charge in [0.15, 0.2) is 5.76 Å². The molecule has 0 aromatic carbocycles. The predicted octanol–water partition coefficient (Wildman–Crippen LogP) is 2.80. The van der Waals surface area contributed by atoms with E-state index in [1.807, 2.05) is 25.3 Å². The van der Waals surface area contributed by atoms with Crippen LogP contribution >= 0.6 is 0 Å². The van der Waals surface area contributed by atoms with Crippen LogP contribution in [-0.4, -0.2) is 31.9 Å². The van der Waals surface area contributed by atoms with Crippen LogP contribution in [-0.2, 0) is 24.5 Å². The summed E-state index contributed by atoms with van der Waals surface area (Å²) in [6, 6.07) is 7.17. The van der Waals surface area contributed by atoms with Crippen molar-refractivity contribution in [2.24, 2.45) is 0 Å². The molecule has 0 radical (unpaired) electrons. The van der Waals surface area contributed by atoms with Gasteiger partial charge >= 0.3 is 0 Å². The van der Waals surface area contributed by atoms with Gasteiger partial charge in [-0.05, 0) is 30.7 Å². The second kappa shape index (κ2) is 7.13. The van der Waals surface area contributed by atoms with Gasteiger partial charge in [0.2, 0.25) is 0 Å². The van der Waals surface area contributed by atoms with E-state index in [0.717, 1.165) is 17.1 Å². The van der Waals surface area contributed by atoms with Gasteiger partial charge in [0, 0.05) is 25.5 Å². The molecule has 0 saturated heterocycles. The zero-order chi connectivity index (χ0) is 17.9. The molecule has 7 heteroatoms. The van der Waals surface area contributed by atoms with E-state index in [0.29, 0.717) is 32.1 Å². The highest BCUT2D eigenvalue weighted by Gasteiger charge is 2.31. The molecule has 3 aromatic rings. The molecule has 0 spiro atoms. The third-order valence-electron chi connectivity index (χ3n) is 4.61. The van der Waals surface area contributed by atoms with Gasteiger partial charge in [-0.25, -0.2) is 4.98 Å². The third-order valence-corrected chi connectivity index (χ3v) is 4.61. The fourth-order valence-corrected chi connectivity index (χ4v) is 3.25. The summed E-state index contributed by atoms with van der Waals surface area (Å²) >= 11 is 0. The molecule has 1 unspecified atom stereocenters. The minimum Gasteiger partial charge on any atom is -0.459 e. The minimum absolute atomic E-state index is 0.105. The Morgan fingerprint density at radius 1 is 1.27 bits per heavy atom. The molecule has 4 heterocycles. The van der Waals surface area contributed by atoms with Crippen molar-refractivity contribution in [1.82, 2.24) is 19.4 Å². The standard InChI is InChI=1S/C19H20N4O3/c1-14-18-21-11-16(13-25-12-15-4-2-6-20-10-15)23(18)8-7-22(14)19(24)17-5-3-9-26-17/h2-6,9-11,14H,7-8,12-13H2,1H3. The van der Waals surface area contributed by atoms with Gasteiger partial charge in [0.1, 0.15) is 5.82 Å². The summed E-state index contributed by atoms with van der Waals surface area (Å²) in [6.45, 7) is 4.27. The number of hydrogen-bond donors (Lipinski definition) is 0. The van der Waals surface area contributed by atoms with Gasteiger partial charge < -0.3 is 18.6 Å². The van der Waals surface area contributed by atoms with E-state index in [-0.39, 0.29) is 11.9 Å². The molecule has 4 rings (SSSR count). The van der Waals surface area contributed by atoms with Gasteiger partial charge in [0.25, 0.3) is 5.91 Å². The van der Waals surface area contributed by atoms with Crippen LogP contribution in [0.1, 0.15) is 40.6 Å². The number of carbonyl (C=O) groups excluding carboxylic acids is 1. The molecule has 7 nitrogen and oxygen atoms in total. The Hall–Kier alpha value is -2.93. The lowest BCUT2D eigenvalue weighted by Crippen LogP contribution is -2.41. The molecular weight excluding hydrogens is 332 g/mol. The number of pyridine rings is 1. The second-order valence-corrected chi connectivity index (χ2v) is 6.27. The van der Waals surface area contributed by atoms with Crippen molar-refractivity contribution in [3.8, 4) is 0 Å². The smallest absolute Gasteiger partial charge is 0.290 e. The van der Waals surface area contributed by atoms with Crippen molar-refractivity contribution in [3.05, 3.63) is 72.0 Å². The number of imidazole rings is 1. The van der Waals surface area contributed by atoms with Gasteiger partial charge in [-0.15, -0.1) is 0 Å². The lowest BCUT2D eigenvalue weighted by atomic mass is 10.2. The Morgan fingerprint density at radius 2 is 2.19 bits per heavy atom. The average Bonchev–Trinajstić information content (AvgIpc) is 3.33. The Labute approximate surface area is 151 Å². The van der Waals surface area contributed by atoms with E-state index in [1.165, 1.54) is 6.26 Å². The zero-order valence-corrected chi connectivity index (χ0v) is 14.5. The summed E-state index contributed by atoms with van der Waals surface area (Å²) in [4.78, 5) is 23.0. The van der Waals surface area contributed by atoms with Gasteiger partial charge in [0.05, 0.1) is 37.4 Å². The first kappa shape index (κ1) is 16.5. The van der Waals surface area contributed by atoms with E-state index in [4.69, 9.17) is 9.15 Å². The van der Waals surface area contributed by atoms with E-state index in [2.05, 4.69) is 14.5 Å². The number of rotatable bonds is 5. The van der Waals surface area contributed by atoms with Gasteiger partial charge in [-0.1, -0.05) is 6.07 Å². The minimum atomic E-state index is -0.117. The summed E-state index contributed by atoms with van der Waals surface area (Å²) in [5.74, 6) is 1.12. The van der Waals surface area contributed by atoms with Crippen LogP contribution in [0.15, 0.2) is 53.5 Å². The molecule has 134 valence electrons. The maximum Gasteiger partial charge on any atom is 0.290 e. The van der Waals surface area contributed by atoms with E-state index in [9.17, 15) is 4.79 Å². The Kier molecular flexibility index (Phi) is 4.53. The molecule has 1 aliphatic heterocycles. The first-order valence-corrected chi connectivity index (χ1v) is 8.59. The molecule has 0 saturated carbocycles. The molecule has 26 heavy (non-hydrogen) atoms. The number of aromatic nitrogens is 3. The predicted molar refractivity (Wildman–Crippen MR) is 93.1 cm³/mol. The number of furan rings is 1. The fraction of sp³-hybridized carbons (Fsp3) is 0.316. The van der Waals surface area contributed by atoms with Crippen LogP contribution in [0.4, 0.5) is 0 Å². The fourth-order valence-electron chi connectivity index (χ4n) is 3.25. The Morgan fingerprint density at radius 3 is 2.96 bits per heavy atom. The molecule has 1 aliphatic rings. The normalized spacial score (nSPS) is 16.5. The number of nitrogens with zero attached hydrogens (tertiary/aromatic N) is 4. The monoisotopic (exact) mass is 352 g/mol. The quantitative estimate of drug-likeness (QED) is 0.706. The molecule has 3 aromatic heterocycles. The second-order valence-electron chi connectivity index (χ2n) is 6.27. The first-order valence-electron chi connectivity index (χ1n) is 8.59. The van der Waals surface area contributed by atoms with Crippen LogP contribution < -0.4 is 0 Å². The summed E-state index contributed by atoms with van der Waals surface area (Å²) in [5.41, 5.74) is 2.05. The Bertz CT molecular complexity index is 874. The molecule has 0 N–H and O–H groups in total. The number of carbonyl (C=O) groups is 1. The van der Waals surface area contributed by atoms with E-state index in [1.54, 1.807) is 29.4 Å². The van der Waals surface area contributed by atoms with Crippen molar-refractivity contribution < 1.29 is 13.9 Å². The number of ether oxygens (including phenoxy) is 1. The van der Waals surface area contributed by atoms with E-state index < -0.39 is 0 Å². The molecular formula is C19H20N4O3. The van der Waals surface area contributed by atoms with Crippen molar-refractivity contribution >= 4 is 5.91 Å². The van der Waals surface area contributed by atoms with Crippen LogP contribution in [0.3, 0.4) is 0 Å². The van der Waals surface area contributed by atoms with Crippen molar-refractivity contribution in [1.29, 1.82) is 0 Å². The highest BCUT2D eigenvalue weighted by atomic mass is 16.5. The Balaban J connectivity index is 1.43. The number of amides is 1. The van der Waals surface area contributed by atoms with Crippen LogP contribution in [0.5, 0.6) is 0 Å². The molecule has 1 atom stereocenters. The number of fused-ring (bicyclic) bond motifs is 1. The van der Waals surface area contributed by atoms with Crippen molar-refractivity contribution in [2.45, 2.75) is 32.7 Å². The van der Waals surface area contributed by atoms with Crippen LogP contribution in [0, 0.1) is 0 Å². The summed E-state index contributed by atoms with van der Waals surface area (Å²) in [5, 5.41) is 0. The van der Waals surface area contributed by atoms with Crippen LogP contribution in [0.2, 0.25) is 0 Å². The number of hydrogen-bond acceptors (Lipinski definition) is 5. The SMILES string of the molecule is CC1c2ncc(COCc3cccnc3)n2CCN1C(=O)c1ccco1. The topological polar surface area (TPSA) is 73.4 Å². The molecule has 1 amide bonds. The average molecular weight is 352 g/mol. The lowest BCUT2D eigenvalue weighted by molar-refractivity contribution is 0.0593. The van der Waals surface area contributed by atoms with Crippen molar-refractivity contribution in [3.63, 3.8) is 0 Å². The van der Waals surface area contributed by atoms with Gasteiger partial charge in [-0.2, -0.15) is 0 Å². The van der Waals surface area contributed by atoms with Crippen LogP contribution in [0.25, 0.3) is 0 Å². The largest absolute Gasteiger partial charge is 0.459 e. The third kappa shape index (κ3) is 3.13. The highest BCUT2D eigenvalue weighted by Crippen LogP contribution is 2.27. The zero-order valence-electron chi connectivity index (χ0n) is 14.5. The molecule has 0 aliphatic carbocycles.